The molecule has 0 rings (SSSR count). The second kappa shape index (κ2) is 14.6. The Kier molecular flexibility index (Phi) is 14.3. The van der Waals surface area contributed by atoms with Gasteiger partial charge in [-0.2, -0.15) is 0 Å². The number of quaternary nitrogens is 1. The van der Waals surface area contributed by atoms with Crippen LogP contribution in [0.1, 0.15) is 71.6 Å². The molecule has 6 nitrogen and oxygen atoms in total. The summed E-state index contributed by atoms with van der Waals surface area (Å²) in [6.07, 6.45) is 10.8. The summed E-state index contributed by atoms with van der Waals surface area (Å²) in [5.74, 6) is -0.0833. The predicted molar refractivity (Wildman–Crippen MR) is 113 cm³/mol. The quantitative estimate of drug-likeness (QED) is 0.218. The fraction of sp³-hybridized carbons (Fsp3) is 0.950. The van der Waals surface area contributed by atoms with Crippen molar-refractivity contribution in [2.45, 2.75) is 77.7 Å². The molecular weight excluding hydrogens is 363 g/mol. The fourth-order valence-corrected chi connectivity index (χ4v) is 3.69. The summed E-state index contributed by atoms with van der Waals surface area (Å²) < 4.78 is 24.2. The molecule has 0 fully saturated rings. The van der Waals surface area contributed by atoms with Gasteiger partial charge in [-0.15, -0.1) is 0 Å². The highest BCUT2D eigenvalue weighted by atomic mass is 31.2. The third-order valence-corrected chi connectivity index (χ3v) is 5.68. The molecule has 0 saturated heterocycles. The summed E-state index contributed by atoms with van der Waals surface area (Å²) in [4.78, 5) is 11.4. The van der Waals surface area contributed by atoms with Crippen LogP contribution in [0.2, 0.25) is 0 Å². The molecule has 0 heterocycles. The van der Waals surface area contributed by atoms with E-state index in [1.54, 1.807) is 0 Å². The van der Waals surface area contributed by atoms with E-state index in [0.29, 0.717) is 6.61 Å². The number of hydrogen-bond acceptors (Lipinski definition) is 4. The van der Waals surface area contributed by atoms with Crippen LogP contribution in [0, 0.1) is 0 Å². The van der Waals surface area contributed by atoms with Gasteiger partial charge in [-0.1, -0.05) is 58.3 Å². The summed E-state index contributed by atoms with van der Waals surface area (Å²) >= 11 is 0. The van der Waals surface area contributed by atoms with E-state index in [4.69, 9.17) is 9.05 Å². The van der Waals surface area contributed by atoms with E-state index < -0.39 is 7.60 Å². The molecule has 0 aliphatic heterocycles. The van der Waals surface area contributed by atoms with Crippen LogP contribution in [0.4, 0.5) is 0 Å². The SMILES string of the molecule is CCCCCCCCCCC(COP(C)(=O)OCC[N+](C)(C)C)NC(C)=O. The average Bonchev–Trinajstić information content (AvgIpc) is 2.53. The summed E-state index contributed by atoms with van der Waals surface area (Å²) in [5, 5.41) is 2.91. The van der Waals surface area contributed by atoms with E-state index in [-0.39, 0.29) is 18.6 Å². The van der Waals surface area contributed by atoms with Crippen LogP contribution in [0.25, 0.3) is 0 Å². The largest absolute Gasteiger partial charge is 0.351 e. The van der Waals surface area contributed by atoms with Gasteiger partial charge in [0.25, 0.3) is 0 Å². The van der Waals surface area contributed by atoms with Crippen LogP contribution in [-0.4, -0.2) is 64.0 Å². The Labute approximate surface area is 167 Å². The maximum Gasteiger partial charge on any atom is 0.327 e. The van der Waals surface area contributed by atoms with Crippen LogP contribution in [0.3, 0.4) is 0 Å². The highest BCUT2D eigenvalue weighted by Gasteiger charge is 2.21. The zero-order chi connectivity index (χ0) is 20.8. The van der Waals surface area contributed by atoms with Crippen molar-refractivity contribution in [1.82, 2.24) is 5.32 Å². The van der Waals surface area contributed by atoms with Crippen LogP contribution in [-0.2, 0) is 18.4 Å². The minimum atomic E-state index is -3.10. The first kappa shape index (κ1) is 26.6. The molecule has 0 aliphatic rings. The van der Waals surface area contributed by atoms with E-state index >= 15 is 0 Å². The van der Waals surface area contributed by atoms with E-state index in [1.807, 2.05) is 0 Å². The molecule has 1 N–H and O–H groups in total. The lowest BCUT2D eigenvalue weighted by Crippen LogP contribution is -2.38. The molecule has 1 amide bonds. The van der Waals surface area contributed by atoms with Crippen molar-refractivity contribution in [3.63, 3.8) is 0 Å². The Bertz CT molecular complexity index is 438. The van der Waals surface area contributed by atoms with E-state index in [1.165, 1.54) is 52.1 Å². The molecule has 0 aromatic rings. The molecule has 27 heavy (non-hydrogen) atoms. The first-order valence-corrected chi connectivity index (χ1v) is 12.5. The van der Waals surface area contributed by atoms with Crippen molar-refractivity contribution >= 4 is 13.5 Å². The molecular formula is C20H44N2O4P+. The average molecular weight is 408 g/mol. The first-order valence-electron chi connectivity index (χ1n) is 10.5. The number of nitrogens with one attached hydrogen (secondary N) is 1. The van der Waals surface area contributed by atoms with Crippen LogP contribution in [0.15, 0.2) is 0 Å². The Balaban J connectivity index is 4.10. The van der Waals surface area contributed by atoms with Gasteiger partial charge in [0, 0.05) is 13.6 Å². The molecule has 0 saturated carbocycles. The number of hydrogen-bond donors (Lipinski definition) is 1. The number of nitrogens with zero attached hydrogens (tertiary/aromatic N) is 1. The minimum Gasteiger partial charge on any atom is -0.351 e. The zero-order valence-electron chi connectivity index (χ0n) is 18.6. The van der Waals surface area contributed by atoms with E-state index in [2.05, 4.69) is 33.4 Å². The van der Waals surface area contributed by atoms with Crippen molar-refractivity contribution in [2.75, 3.05) is 47.6 Å². The molecule has 2 unspecified atom stereocenters. The second-order valence-electron chi connectivity index (χ2n) is 8.58. The molecule has 0 aromatic carbocycles. The smallest absolute Gasteiger partial charge is 0.327 e. The van der Waals surface area contributed by atoms with Crippen LogP contribution < -0.4 is 5.32 Å². The summed E-state index contributed by atoms with van der Waals surface area (Å²) in [6.45, 7) is 6.62. The van der Waals surface area contributed by atoms with Crippen LogP contribution >= 0.6 is 7.60 Å². The maximum absolute atomic E-state index is 12.4. The molecule has 7 heteroatoms. The zero-order valence-corrected chi connectivity index (χ0v) is 19.5. The van der Waals surface area contributed by atoms with Gasteiger partial charge in [0.15, 0.2) is 0 Å². The lowest BCUT2D eigenvalue weighted by Gasteiger charge is -2.25. The third kappa shape index (κ3) is 18.7. The second-order valence-corrected chi connectivity index (χ2v) is 10.6. The van der Waals surface area contributed by atoms with E-state index in [0.717, 1.165) is 30.3 Å². The highest BCUT2D eigenvalue weighted by Crippen LogP contribution is 2.43. The maximum atomic E-state index is 12.4. The van der Waals surface area contributed by atoms with Crippen molar-refractivity contribution in [3.8, 4) is 0 Å². The van der Waals surface area contributed by atoms with Gasteiger partial charge in [-0.3, -0.25) is 9.36 Å². The van der Waals surface area contributed by atoms with Crippen molar-refractivity contribution < 1.29 is 22.9 Å². The Morgan fingerprint density at radius 2 is 1.56 bits per heavy atom. The predicted octanol–water partition coefficient (Wildman–Crippen LogP) is 4.58. The van der Waals surface area contributed by atoms with E-state index in [9.17, 15) is 9.36 Å². The molecule has 0 aromatic heterocycles. The normalized spacial score (nSPS) is 15.3. The standard InChI is InChI=1S/C20H43N2O4P/c1-7-8-9-10-11-12-13-14-15-20(21-19(2)23)18-26-27(6,24)25-17-16-22(3,4)5/h20H,7-18H2,1-6H3/p+1. The van der Waals surface area contributed by atoms with Gasteiger partial charge >= 0.3 is 7.60 Å². The van der Waals surface area contributed by atoms with Crippen LogP contribution in [0.5, 0.6) is 0 Å². The molecule has 2 atom stereocenters. The van der Waals surface area contributed by atoms with Gasteiger partial charge in [0.2, 0.25) is 5.91 Å². The molecule has 162 valence electrons. The monoisotopic (exact) mass is 407 g/mol. The number of amides is 1. The fourth-order valence-electron chi connectivity index (χ4n) is 2.75. The lowest BCUT2D eigenvalue weighted by atomic mass is 10.0. The minimum absolute atomic E-state index is 0.0833. The summed E-state index contributed by atoms with van der Waals surface area (Å²) in [7, 11) is 3.07. The molecule has 0 aliphatic carbocycles. The lowest BCUT2D eigenvalue weighted by molar-refractivity contribution is -0.870. The highest BCUT2D eigenvalue weighted by molar-refractivity contribution is 7.52. The molecule has 0 spiro atoms. The topological polar surface area (TPSA) is 64.6 Å². The Hall–Kier alpha value is -0.420. The first-order chi connectivity index (χ1) is 12.6. The summed E-state index contributed by atoms with van der Waals surface area (Å²) in [6, 6.07) is -0.113. The number of rotatable bonds is 17. The summed E-state index contributed by atoms with van der Waals surface area (Å²) in [5.41, 5.74) is 0. The molecule has 0 bridgehead atoms. The van der Waals surface area contributed by atoms with Crippen molar-refractivity contribution in [3.05, 3.63) is 0 Å². The van der Waals surface area contributed by atoms with Crippen molar-refractivity contribution in [1.29, 1.82) is 0 Å². The van der Waals surface area contributed by atoms with Gasteiger partial charge < -0.3 is 18.8 Å². The number of likely N-dealkylation sites (N-methyl/N-ethyl adjacent to an activating group) is 1. The number of carbonyl (C=O) groups is 1. The molecule has 0 radical (unpaired) electrons. The van der Waals surface area contributed by atoms with Gasteiger partial charge in [-0.05, 0) is 6.42 Å². The van der Waals surface area contributed by atoms with Gasteiger partial charge in [0.05, 0.1) is 33.8 Å². The van der Waals surface area contributed by atoms with Gasteiger partial charge in [-0.25, -0.2) is 0 Å². The number of unbranched alkanes of at least 4 members (excludes halogenated alkanes) is 7. The number of carbonyl (C=O) groups excluding carboxylic acids is 1. The Morgan fingerprint density at radius 1 is 1.00 bits per heavy atom. The van der Waals surface area contributed by atoms with Crippen molar-refractivity contribution in [2.24, 2.45) is 0 Å². The third-order valence-electron chi connectivity index (χ3n) is 4.41. The van der Waals surface area contributed by atoms with Gasteiger partial charge in [0.1, 0.15) is 13.2 Å². The Morgan fingerprint density at radius 3 is 2.07 bits per heavy atom.